The van der Waals surface area contributed by atoms with Crippen molar-refractivity contribution in [1.82, 2.24) is 10.0 Å². The molecule has 1 heterocycles. The standard InChI is InChI=1S/C22H38N2O/c1-19-12-13-22(23(4)24(22)5)14-15(19)6-7-16-17(19)8-10-20(2)18(16)9-11-21(20,3)25/h15-18,25H,6-14H2,1-5H3/t15-,16+,17-,18-,19-,20-,21-,22?,23?,24?/m0/s1. The normalized spacial score (nSPS) is 66.0. The van der Waals surface area contributed by atoms with Gasteiger partial charge in [0.2, 0.25) is 0 Å². The van der Waals surface area contributed by atoms with Gasteiger partial charge in [0.15, 0.2) is 0 Å². The molecular weight excluding hydrogens is 308 g/mol. The molecule has 0 aromatic rings. The van der Waals surface area contributed by atoms with Gasteiger partial charge in [0.05, 0.1) is 5.60 Å². The van der Waals surface area contributed by atoms with E-state index in [4.69, 9.17) is 0 Å². The largest absolute Gasteiger partial charge is 0.390 e. The zero-order chi connectivity index (χ0) is 17.8. The van der Waals surface area contributed by atoms with Crippen molar-refractivity contribution in [2.45, 2.75) is 89.8 Å². The van der Waals surface area contributed by atoms with Gasteiger partial charge in [0, 0.05) is 14.1 Å². The van der Waals surface area contributed by atoms with Gasteiger partial charge in [-0.25, -0.2) is 10.0 Å². The summed E-state index contributed by atoms with van der Waals surface area (Å²) in [5.41, 5.74) is 0.687. The summed E-state index contributed by atoms with van der Waals surface area (Å²) in [5.74, 6) is 3.45. The Morgan fingerprint density at radius 1 is 0.800 bits per heavy atom. The fourth-order valence-electron chi connectivity index (χ4n) is 8.60. The molecule has 9 atom stereocenters. The number of hydrogen-bond donors (Lipinski definition) is 1. The van der Waals surface area contributed by atoms with Crippen LogP contribution in [0.2, 0.25) is 0 Å². The minimum Gasteiger partial charge on any atom is -0.390 e. The van der Waals surface area contributed by atoms with Crippen LogP contribution in [-0.4, -0.2) is 40.5 Å². The molecule has 5 aliphatic rings. The molecule has 4 saturated carbocycles. The smallest absolute Gasteiger partial charge is 0.100 e. The molecule has 1 N–H and O–H groups in total. The highest BCUT2D eigenvalue weighted by Gasteiger charge is 2.67. The number of nitrogens with zero attached hydrogens (tertiary/aromatic N) is 2. The van der Waals surface area contributed by atoms with E-state index in [0.717, 1.165) is 30.1 Å². The zero-order valence-electron chi connectivity index (χ0n) is 17.0. The van der Waals surface area contributed by atoms with Crippen LogP contribution >= 0.6 is 0 Å². The van der Waals surface area contributed by atoms with Crippen LogP contribution in [0.3, 0.4) is 0 Å². The molecule has 3 nitrogen and oxygen atoms in total. The van der Waals surface area contributed by atoms with Crippen molar-refractivity contribution in [1.29, 1.82) is 0 Å². The average Bonchev–Trinajstić information content (AvgIpc) is 2.93. The number of hydrazine groups is 1. The Morgan fingerprint density at radius 2 is 1.48 bits per heavy atom. The first-order valence-electron chi connectivity index (χ1n) is 10.9. The van der Waals surface area contributed by atoms with Crippen molar-refractivity contribution in [3.63, 3.8) is 0 Å². The molecule has 4 aliphatic carbocycles. The van der Waals surface area contributed by atoms with Crippen LogP contribution in [0.4, 0.5) is 0 Å². The number of aliphatic hydroxyl groups is 1. The van der Waals surface area contributed by atoms with Crippen LogP contribution in [0, 0.1) is 34.5 Å². The van der Waals surface area contributed by atoms with Crippen LogP contribution in [0.5, 0.6) is 0 Å². The maximum atomic E-state index is 11.1. The van der Waals surface area contributed by atoms with E-state index in [2.05, 4.69) is 44.9 Å². The lowest BCUT2D eigenvalue weighted by molar-refractivity contribution is -0.149. The molecule has 142 valence electrons. The van der Waals surface area contributed by atoms with Gasteiger partial charge >= 0.3 is 0 Å². The molecule has 0 radical (unpaired) electrons. The monoisotopic (exact) mass is 346 g/mol. The number of rotatable bonds is 0. The molecule has 25 heavy (non-hydrogen) atoms. The first kappa shape index (κ1) is 17.0. The van der Waals surface area contributed by atoms with Crippen molar-refractivity contribution < 1.29 is 5.11 Å². The molecule has 1 aliphatic heterocycles. The second-order valence-electron chi connectivity index (χ2n) is 11.2. The predicted molar refractivity (Wildman–Crippen MR) is 101 cm³/mol. The predicted octanol–water partition coefficient (Wildman–Crippen LogP) is 4.27. The summed E-state index contributed by atoms with van der Waals surface area (Å²) in [5, 5.41) is 16.0. The summed E-state index contributed by atoms with van der Waals surface area (Å²) in [7, 11) is 4.56. The Balaban J connectivity index is 1.42. The van der Waals surface area contributed by atoms with Gasteiger partial charge in [-0.3, -0.25) is 0 Å². The van der Waals surface area contributed by atoms with E-state index in [1.54, 1.807) is 0 Å². The quantitative estimate of drug-likeness (QED) is 0.664. The van der Waals surface area contributed by atoms with Crippen LogP contribution in [0.25, 0.3) is 0 Å². The lowest BCUT2D eigenvalue weighted by Gasteiger charge is -2.61. The minimum atomic E-state index is -0.434. The van der Waals surface area contributed by atoms with E-state index in [1.807, 2.05) is 0 Å². The van der Waals surface area contributed by atoms with Gasteiger partial charge in [0.25, 0.3) is 0 Å². The van der Waals surface area contributed by atoms with Gasteiger partial charge in [-0.1, -0.05) is 13.8 Å². The molecule has 5 fully saturated rings. The van der Waals surface area contributed by atoms with E-state index in [1.165, 1.54) is 51.4 Å². The fraction of sp³-hybridized carbons (Fsp3) is 1.00. The third-order valence-electron chi connectivity index (χ3n) is 10.9. The van der Waals surface area contributed by atoms with Crippen molar-refractivity contribution in [2.24, 2.45) is 34.5 Å². The van der Waals surface area contributed by atoms with E-state index < -0.39 is 5.60 Å². The minimum absolute atomic E-state index is 0.171. The molecule has 5 rings (SSSR count). The second kappa shape index (κ2) is 4.83. The summed E-state index contributed by atoms with van der Waals surface area (Å²) in [6, 6.07) is 0. The summed E-state index contributed by atoms with van der Waals surface area (Å²) in [6.07, 6.45) is 11.9. The molecule has 3 heteroatoms. The van der Waals surface area contributed by atoms with Gasteiger partial charge < -0.3 is 5.11 Å². The van der Waals surface area contributed by atoms with Crippen LogP contribution < -0.4 is 0 Å². The summed E-state index contributed by atoms with van der Waals surface area (Å²) >= 11 is 0. The highest BCUT2D eigenvalue weighted by Crippen LogP contribution is 2.69. The van der Waals surface area contributed by atoms with Gasteiger partial charge in [-0.2, -0.15) is 0 Å². The van der Waals surface area contributed by atoms with Crippen molar-refractivity contribution in [3.8, 4) is 0 Å². The van der Waals surface area contributed by atoms with Gasteiger partial charge in [-0.05, 0) is 99.2 Å². The summed E-state index contributed by atoms with van der Waals surface area (Å²) in [4.78, 5) is 0. The van der Waals surface area contributed by atoms with Crippen molar-refractivity contribution in [3.05, 3.63) is 0 Å². The fourth-order valence-corrected chi connectivity index (χ4v) is 8.60. The Bertz CT molecular complexity index is 581. The topological polar surface area (TPSA) is 26.2 Å². The van der Waals surface area contributed by atoms with E-state index in [9.17, 15) is 5.11 Å². The van der Waals surface area contributed by atoms with Gasteiger partial charge in [-0.15, -0.1) is 0 Å². The molecule has 1 spiro atoms. The van der Waals surface area contributed by atoms with Crippen molar-refractivity contribution >= 4 is 0 Å². The molecule has 0 amide bonds. The third-order valence-corrected chi connectivity index (χ3v) is 10.9. The van der Waals surface area contributed by atoms with Crippen LogP contribution in [0.15, 0.2) is 0 Å². The molecular formula is C22H38N2O. The zero-order valence-corrected chi connectivity index (χ0v) is 17.0. The molecule has 0 aromatic heterocycles. The Morgan fingerprint density at radius 3 is 2.16 bits per heavy atom. The van der Waals surface area contributed by atoms with Crippen LogP contribution in [0.1, 0.15) is 78.6 Å². The number of fused-ring (bicyclic) bond motifs is 5. The summed E-state index contributed by atoms with van der Waals surface area (Å²) < 4.78 is 0. The highest BCUT2D eigenvalue weighted by atomic mass is 16.3. The molecule has 1 saturated heterocycles. The molecule has 2 unspecified atom stereocenters. The first-order valence-corrected chi connectivity index (χ1v) is 10.9. The number of hydrogen-bond acceptors (Lipinski definition) is 3. The lowest BCUT2D eigenvalue weighted by Crippen LogP contribution is -2.56. The first-order chi connectivity index (χ1) is 11.7. The van der Waals surface area contributed by atoms with E-state index in [0.29, 0.717) is 11.1 Å². The second-order valence-corrected chi connectivity index (χ2v) is 11.2. The summed E-state index contributed by atoms with van der Waals surface area (Å²) in [6.45, 7) is 7.20. The Hall–Kier alpha value is -0.120. The van der Waals surface area contributed by atoms with Gasteiger partial charge in [0.1, 0.15) is 5.66 Å². The SMILES string of the molecule is CN1N(C)C12CC[C@@]1(C)[C@@H](CC[C@@H]3[C@@H]1CC[C@@]1(C)[C@H]3CC[C@]1(C)O)C2. The Kier molecular flexibility index (Phi) is 3.29. The average molecular weight is 347 g/mol. The van der Waals surface area contributed by atoms with Crippen LogP contribution in [-0.2, 0) is 0 Å². The lowest BCUT2D eigenvalue weighted by atomic mass is 9.44. The maximum absolute atomic E-state index is 11.1. The van der Waals surface area contributed by atoms with E-state index >= 15 is 0 Å². The van der Waals surface area contributed by atoms with Crippen molar-refractivity contribution in [2.75, 3.05) is 14.1 Å². The highest BCUT2D eigenvalue weighted by molar-refractivity contribution is 5.15. The maximum Gasteiger partial charge on any atom is 0.100 e. The Labute approximate surface area is 154 Å². The molecule has 0 aromatic carbocycles. The van der Waals surface area contributed by atoms with E-state index in [-0.39, 0.29) is 5.41 Å². The third kappa shape index (κ3) is 1.88. The molecule has 0 bridgehead atoms.